The van der Waals surface area contributed by atoms with Crippen molar-refractivity contribution in [2.75, 3.05) is 5.32 Å². The van der Waals surface area contributed by atoms with Crippen LogP contribution in [-0.2, 0) is 5.75 Å². The smallest absolute Gasteiger partial charge is 0.277 e. The van der Waals surface area contributed by atoms with E-state index in [9.17, 15) is 9.18 Å². The third-order valence-electron chi connectivity index (χ3n) is 3.98. The van der Waals surface area contributed by atoms with Crippen LogP contribution in [0.1, 0.15) is 21.1 Å². The summed E-state index contributed by atoms with van der Waals surface area (Å²) >= 11 is 3.95. The molecule has 6 nitrogen and oxygen atoms in total. The topological polar surface area (TPSA) is 80.7 Å². The Balaban J connectivity index is 1.59. The second-order valence-electron chi connectivity index (χ2n) is 6.24. The molecule has 156 valence electrons. The predicted octanol–water partition coefficient (Wildman–Crippen LogP) is 5.47. The fourth-order valence-electron chi connectivity index (χ4n) is 2.54. The molecular weight excluding hydrogens is 453 g/mol. The molecule has 0 aliphatic carbocycles. The molecule has 2 heterocycles. The van der Waals surface area contributed by atoms with Gasteiger partial charge in [0.15, 0.2) is 5.16 Å². The van der Waals surface area contributed by atoms with Crippen LogP contribution in [0.15, 0.2) is 75.7 Å². The Morgan fingerprint density at radius 3 is 2.61 bits per heavy atom. The van der Waals surface area contributed by atoms with Crippen LogP contribution < -0.4 is 5.32 Å². The van der Waals surface area contributed by atoms with E-state index in [1.165, 1.54) is 40.9 Å². The van der Waals surface area contributed by atoms with E-state index in [2.05, 4.69) is 25.5 Å². The molecule has 0 saturated carbocycles. The molecule has 4 aromatic rings. The first-order chi connectivity index (χ1) is 15.1. The molecule has 2 aromatic heterocycles. The van der Waals surface area contributed by atoms with Crippen molar-refractivity contribution in [2.45, 2.75) is 27.6 Å². The zero-order chi connectivity index (χ0) is 21.6. The molecule has 1 N–H and O–H groups in total. The molecule has 4 rings (SSSR count). The van der Waals surface area contributed by atoms with Gasteiger partial charge in [0.2, 0.25) is 5.13 Å². The minimum Gasteiger partial charge on any atom is -0.295 e. The van der Waals surface area contributed by atoms with E-state index >= 15 is 0 Å². The summed E-state index contributed by atoms with van der Waals surface area (Å²) in [5.74, 6) is -0.324. The lowest BCUT2D eigenvalue weighted by atomic mass is 10.2. The minimum atomic E-state index is -0.398. The summed E-state index contributed by atoms with van der Waals surface area (Å²) in [5.41, 5.74) is 0.780. The molecule has 1 amide bonds. The molecule has 0 bridgehead atoms. The number of thioether (sulfide) groups is 1. The lowest BCUT2D eigenvalue weighted by Gasteiger charge is -2.09. The van der Waals surface area contributed by atoms with Crippen molar-refractivity contribution < 1.29 is 9.18 Å². The van der Waals surface area contributed by atoms with E-state index in [0.717, 1.165) is 9.90 Å². The van der Waals surface area contributed by atoms with E-state index < -0.39 is 5.91 Å². The van der Waals surface area contributed by atoms with Crippen LogP contribution in [0.4, 0.5) is 9.52 Å². The van der Waals surface area contributed by atoms with Gasteiger partial charge < -0.3 is 0 Å². The van der Waals surface area contributed by atoms with Crippen LogP contribution in [0, 0.1) is 12.7 Å². The molecule has 0 saturated heterocycles. The molecule has 0 atom stereocenters. The van der Waals surface area contributed by atoms with Gasteiger partial charge in [-0.05, 0) is 30.7 Å². The number of carbonyl (C=O) groups is 1. The first kappa shape index (κ1) is 21.4. The van der Waals surface area contributed by atoms with Gasteiger partial charge in [-0.2, -0.15) is 0 Å². The average molecular weight is 470 g/mol. The number of aryl methyl sites for hydroxylation is 1. The molecule has 0 fully saturated rings. The third-order valence-corrected chi connectivity index (χ3v) is 6.67. The monoisotopic (exact) mass is 469 g/mol. The largest absolute Gasteiger partial charge is 0.295 e. The van der Waals surface area contributed by atoms with E-state index in [4.69, 9.17) is 0 Å². The Morgan fingerprint density at radius 1 is 1.10 bits per heavy atom. The van der Waals surface area contributed by atoms with Gasteiger partial charge in [0.05, 0.1) is 4.90 Å². The summed E-state index contributed by atoms with van der Waals surface area (Å²) in [6.45, 7) is 1.81. The number of halogens is 1. The van der Waals surface area contributed by atoms with E-state index in [1.807, 2.05) is 37.3 Å². The highest BCUT2D eigenvalue weighted by molar-refractivity contribution is 7.99. The van der Waals surface area contributed by atoms with E-state index in [1.54, 1.807) is 24.4 Å². The maximum absolute atomic E-state index is 13.9. The van der Waals surface area contributed by atoms with Gasteiger partial charge in [0.1, 0.15) is 16.5 Å². The van der Waals surface area contributed by atoms with Crippen molar-refractivity contribution in [3.8, 4) is 0 Å². The van der Waals surface area contributed by atoms with Crippen LogP contribution in [0.3, 0.4) is 0 Å². The zero-order valence-electron chi connectivity index (χ0n) is 16.3. The van der Waals surface area contributed by atoms with Crippen LogP contribution in [-0.4, -0.2) is 26.1 Å². The molecule has 31 heavy (non-hydrogen) atoms. The van der Waals surface area contributed by atoms with E-state index in [0.29, 0.717) is 26.5 Å². The second kappa shape index (κ2) is 9.99. The molecule has 0 unspecified atom stereocenters. The van der Waals surface area contributed by atoms with Crippen LogP contribution in [0.2, 0.25) is 0 Å². The molecular formula is C21H16FN5OS3. The minimum absolute atomic E-state index is 0.229. The number of nitrogens with zero attached hydrogens (tertiary/aromatic N) is 4. The fourth-order valence-corrected chi connectivity index (χ4v) is 4.81. The molecule has 2 aromatic carbocycles. The molecule has 0 spiro atoms. The van der Waals surface area contributed by atoms with Crippen molar-refractivity contribution in [2.24, 2.45) is 0 Å². The standard InChI is InChI=1S/C21H16FN5OS3/c1-13-26-27-21(30-13)25-19(28)18-17(31-15-8-3-2-4-9-15)11-23-20(24-18)29-12-14-7-5-6-10-16(14)22/h2-11H,12H2,1H3,(H,25,27,28). The number of hydrogen-bond acceptors (Lipinski definition) is 8. The number of anilines is 1. The lowest BCUT2D eigenvalue weighted by Crippen LogP contribution is -2.15. The second-order valence-corrected chi connectivity index (χ2v) is 9.48. The normalized spacial score (nSPS) is 10.8. The van der Waals surface area contributed by atoms with E-state index in [-0.39, 0.29) is 11.5 Å². The molecule has 10 heteroatoms. The number of aromatic nitrogens is 4. The van der Waals surface area contributed by atoms with Crippen molar-refractivity contribution in [1.82, 2.24) is 20.2 Å². The summed E-state index contributed by atoms with van der Waals surface area (Å²) in [6, 6.07) is 16.2. The van der Waals surface area contributed by atoms with Crippen LogP contribution in [0.5, 0.6) is 0 Å². The molecule has 0 aliphatic heterocycles. The van der Waals surface area contributed by atoms with Gasteiger partial charge in [0.25, 0.3) is 5.91 Å². The SMILES string of the molecule is Cc1nnc(NC(=O)c2nc(SCc3ccccc3F)ncc2Sc2ccccc2)s1. The summed E-state index contributed by atoms with van der Waals surface area (Å²) < 4.78 is 13.9. The first-order valence-corrected chi connectivity index (χ1v) is 11.8. The predicted molar refractivity (Wildman–Crippen MR) is 121 cm³/mol. The Kier molecular flexibility index (Phi) is 6.90. The summed E-state index contributed by atoms with van der Waals surface area (Å²) in [5, 5.41) is 12.1. The Labute approximate surface area is 190 Å². The Bertz CT molecular complexity index is 1200. The highest BCUT2D eigenvalue weighted by Gasteiger charge is 2.19. The third kappa shape index (κ3) is 5.66. The van der Waals surface area contributed by atoms with Gasteiger partial charge in [-0.1, -0.05) is 71.3 Å². The lowest BCUT2D eigenvalue weighted by molar-refractivity contribution is 0.101. The highest BCUT2D eigenvalue weighted by atomic mass is 32.2. The first-order valence-electron chi connectivity index (χ1n) is 9.16. The summed E-state index contributed by atoms with van der Waals surface area (Å²) in [6.07, 6.45) is 1.62. The number of amides is 1. The van der Waals surface area contributed by atoms with Gasteiger partial charge >= 0.3 is 0 Å². The number of nitrogens with one attached hydrogen (secondary N) is 1. The average Bonchev–Trinajstić information content (AvgIpc) is 3.19. The van der Waals surface area contributed by atoms with Gasteiger partial charge in [-0.3, -0.25) is 10.1 Å². The van der Waals surface area contributed by atoms with Crippen LogP contribution in [0.25, 0.3) is 0 Å². The molecule has 0 aliphatic rings. The highest BCUT2D eigenvalue weighted by Crippen LogP contribution is 2.31. The number of hydrogen-bond donors (Lipinski definition) is 1. The zero-order valence-corrected chi connectivity index (χ0v) is 18.7. The van der Waals surface area contributed by atoms with Gasteiger partial charge in [-0.25, -0.2) is 14.4 Å². The van der Waals surface area contributed by atoms with Crippen LogP contribution >= 0.6 is 34.9 Å². The van der Waals surface area contributed by atoms with Gasteiger partial charge in [0, 0.05) is 16.8 Å². The fraction of sp³-hybridized carbons (Fsp3) is 0.0952. The Hall–Kier alpha value is -2.82. The maximum Gasteiger partial charge on any atom is 0.277 e. The van der Waals surface area contributed by atoms with Crippen molar-refractivity contribution >= 4 is 45.9 Å². The quantitative estimate of drug-likeness (QED) is 0.284. The Morgan fingerprint density at radius 2 is 1.87 bits per heavy atom. The number of benzene rings is 2. The summed E-state index contributed by atoms with van der Waals surface area (Å²) in [4.78, 5) is 23.4. The van der Waals surface area contributed by atoms with Crippen molar-refractivity contribution in [3.05, 3.63) is 82.9 Å². The van der Waals surface area contributed by atoms with Gasteiger partial charge in [-0.15, -0.1) is 10.2 Å². The van der Waals surface area contributed by atoms with Crippen molar-refractivity contribution in [3.63, 3.8) is 0 Å². The van der Waals surface area contributed by atoms with Crippen molar-refractivity contribution in [1.29, 1.82) is 0 Å². The maximum atomic E-state index is 13.9. The number of rotatable bonds is 7. The molecule has 0 radical (unpaired) electrons. The summed E-state index contributed by atoms with van der Waals surface area (Å²) in [7, 11) is 0. The number of carbonyl (C=O) groups excluding carboxylic acids is 1.